The maximum atomic E-state index is 5.83. The van der Waals surface area contributed by atoms with Crippen molar-refractivity contribution < 1.29 is 4.74 Å². The van der Waals surface area contributed by atoms with Crippen LogP contribution >= 0.6 is 15.9 Å². The summed E-state index contributed by atoms with van der Waals surface area (Å²) < 4.78 is 6.63. The summed E-state index contributed by atoms with van der Waals surface area (Å²) in [6.07, 6.45) is 8.18. The van der Waals surface area contributed by atoms with Gasteiger partial charge in [0, 0.05) is 6.20 Å². The first-order valence-electron chi connectivity index (χ1n) is 6.20. The number of nitrogen functional groups attached to an aromatic ring is 1. The van der Waals surface area contributed by atoms with Crippen molar-refractivity contribution in [3.63, 3.8) is 0 Å². The number of ether oxygens (including phenoxy) is 1. The number of hydrogen-bond donors (Lipinski definition) is 1. The molecule has 0 saturated carbocycles. The van der Waals surface area contributed by atoms with Gasteiger partial charge in [0.05, 0.1) is 23.0 Å². The van der Waals surface area contributed by atoms with E-state index in [1.807, 2.05) is 0 Å². The molecule has 1 aromatic rings. The number of halogens is 1. The lowest BCUT2D eigenvalue weighted by Gasteiger charge is -2.17. The number of nitrogens with zero attached hydrogens (tertiary/aromatic N) is 1. The zero-order valence-corrected chi connectivity index (χ0v) is 12.2. The second-order valence-corrected chi connectivity index (χ2v) is 5.12. The Hall–Kier alpha value is -0.770. The van der Waals surface area contributed by atoms with Gasteiger partial charge >= 0.3 is 0 Å². The molecule has 1 rings (SSSR count). The molecule has 4 heteroatoms. The number of rotatable bonds is 7. The van der Waals surface area contributed by atoms with E-state index in [1.165, 1.54) is 19.3 Å². The van der Waals surface area contributed by atoms with E-state index in [0.29, 0.717) is 11.6 Å². The van der Waals surface area contributed by atoms with E-state index in [-0.39, 0.29) is 0 Å². The third-order valence-electron chi connectivity index (χ3n) is 2.89. The third kappa shape index (κ3) is 4.54. The van der Waals surface area contributed by atoms with Crippen LogP contribution in [0.3, 0.4) is 0 Å². The maximum absolute atomic E-state index is 5.83. The monoisotopic (exact) mass is 300 g/mol. The highest BCUT2D eigenvalue weighted by atomic mass is 79.9. The Labute approximate surface area is 112 Å². The third-order valence-corrected chi connectivity index (χ3v) is 3.45. The molecule has 0 aliphatic carbocycles. The molecule has 0 amide bonds. The molecule has 1 heterocycles. The molecular formula is C13H21BrN2O. The van der Waals surface area contributed by atoms with Crippen LogP contribution < -0.4 is 10.5 Å². The summed E-state index contributed by atoms with van der Waals surface area (Å²) in [5.74, 6) is 1.32. The van der Waals surface area contributed by atoms with E-state index < -0.39 is 0 Å². The molecule has 0 aliphatic heterocycles. The average molecular weight is 301 g/mol. The summed E-state index contributed by atoms with van der Waals surface area (Å²) >= 11 is 3.40. The number of anilines is 1. The largest absolute Gasteiger partial charge is 0.490 e. The van der Waals surface area contributed by atoms with Crippen molar-refractivity contribution in [2.24, 2.45) is 5.92 Å². The van der Waals surface area contributed by atoms with Gasteiger partial charge in [-0.05, 0) is 28.3 Å². The van der Waals surface area contributed by atoms with Crippen LogP contribution in [0, 0.1) is 5.92 Å². The minimum atomic E-state index is 0.588. The van der Waals surface area contributed by atoms with E-state index >= 15 is 0 Å². The lowest BCUT2D eigenvalue weighted by Crippen LogP contribution is -2.12. The van der Waals surface area contributed by atoms with Gasteiger partial charge in [0.25, 0.3) is 0 Å². The van der Waals surface area contributed by atoms with Crippen LogP contribution in [0.25, 0.3) is 0 Å². The highest BCUT2D eigenvalue weighted by molar-refractivity contribution is 9.10. The molecule has 0 bridgehead atoms. The highest BCUT2D eigenvalue weighted by Gasteiger charge is 2.10. The second-order valence-electron chi connectivity index (χ2n) is 4.27. The fraction of sp³-hybridized carbons (Fsp3) is 0.615. The van der Waals surface area contributed by atoms with Crippen LogP contribution in [0.1, 0.15) is 39.5 Å². The molecule has 1 aromatic heterocycles. The second kappa shape index (κ2) is 7.54. The molecule has 0 spiro atoms. The molecule has 0 aromatic carbocycles. The van der Waals surface area contributed by atoms with Crippen LogP contribution in [-0.4, -0.2) is 11.6 Å². The van der Waals surface area contributed by atoms with Crippen molar-refractivity contribution in [2.45, 2.75) is 39.5 Å². The maximum Gasteiger partial charge on any atom is 0.159 e. The van der Waals surface area contributed by atoms with Crippen molar-refractivity contribution in [1.29, 1.82) is 0 Å². The van der Waals surface area contributed by atoms with Gasteiger partial charge in [0.1, 0.15) is 0 Å². The lowest BCUT2D eigenvalue weighted by atomic mass is 10.0. The topological polar surface area (TPSA) is 48.1 Å². The number of pyridine rings is 1. The highest BCUT2D eigenvalue weighted by Crippen LogP contribution is 2.30. The molecule has 0 aliphatic rings. The molecule has 1 atom stereocenters. The summed E-state index contributed by atoms with van der Waals surface area (Å²) in [6, 6.07) is 0. The van der Waals surface area contributed by atoms with Crippen LogP contribution in [-0.2, 0) is 0 Å². The van der Waals surface area contributed by atoms with E-state index in [1.54, 1.807) is 12.4 Å². The zero-order valence-electron chi connectivity index (χ0n) is 10.6. The molecule has 2 N–H and O–H groups in total. The van der Waals surface area contributed by atoms with Crippen molar-refractivity contribution in [3.8, 4) is 5.75 Å². The fourth-order valence-corrected chi connectivity index (χ4v) is 2.15. The van der Waals surface area contributed by atoms with E-state index in [0.717, 1.165) is 23.2 Å². The summed E-state index contributed by atoms with van der Waals surface area (Å²) in [6.45, 7) is 5.14. The Morgan fingerprint density at radius 3 is 2.76 bits per heavy atom. The molecule has 96 valence electrons. The van der Waals surface area contributed by atoms with Gasteiger partial charge in [0.2, 0.25) is 0 Å². The van der Waals surface area contributed by atoms with Gasteiger partial charge in [-0.15, -0.1) is 0 Å². The van der Waals surface area contributed by atoms with Gasteiger partial charge in [-0.3, -0.25) is 4.98 Å². The Balaban J connectivity index is 2.53. The number of aromatic nitrogens is 1. The van der Waals surface area contributed by atoms with E-state index in [2.05, 4.69) is 34.8 Å². The molecule has 0 fully saturated rings. The number of nitrogens with two attached hydrogens (primary N) is 1. The molecule has 3 nitrogen and oxygen atoms in total. The smallest absolute Gasteiger partial charge is 0.159 e. The molecular weight excluding hydrogens is 280 g/mol. The SMILES string of the molecule is CCCCC(CC)COc1c(N)cncc1Br. The Kier molecular flexibility index (Phi) is 6.34. The minimum absolute atomic E-state index is 0.588. The Morgan fingerprint density at radius 1 is 1.41 bits per heavy atom. The minimum Gasteiger partial charge on any atom is -0.490 e. The van der Waals surface area contributed by atoms with Crippen molar-refractivity contribution >= 4 is 21.6 Å². The standard InChI is InChI=1S/C13H21BrN2O/c1-3-5-6-10(4-2)9-17-13-11(14)7-16-8-12(13)15/h7-8,10H,3-6,9,15H2,1-2H3. The van der Waals surface area contributed by atoms with E-state index in [4.69, 9.17) is 10.5 Å². The predicted octanol–water partition coefficient (Wildman–Crippen LogP) is 4.02. The first kappa shape index (κ1) is 14.3. The first-order chi connectivity index (χ1) is 8.19. The van der Waals surface area contributed by atoms with Crippen molar-refractivity contribution in [1.82, 2.24) is 4.98 Å². The van der Waals surface area contributed by atoms with Gasteiger partial charge in [-0.2, -0.15) is 0 Å². The zero-order chi connectivity index (χ0) is 12.7. The molecule has 1 unspecified atom stereocenters. The van der Waals surface area contributed by atoms with Crippen LogP contribution in [0.2, 0.25) is 0 Å². The normalized spacial score (nSPS) is 12.4. The van der Waals surface area contributed by atoms with Crippen LogP contribution in [0.4, 0.5) is 5.69 Å². The lowest BCUT2D eigenvalue weighted by molar-refractivity contribution is 0.233. The van der Waals surface area contributed by atoms with Crippen molar-refractivity contribution in [3.05, 3.63) is 16.9 Å². The van der Waals surface area contributed by atoms with Gasteiger partial charge < -0.3 is 10.5 Å². The number of hydrogen-bond acceptors (Lipinski definition) is 3. The Bertz CT molecular complexity index is 324. The molecule has 17 heavy (non-hydrogen) atoms. The van der Waals surface area contributed by atoms with E-state index in [9.17, 15) is 0 Å². The molecule has 0 radical (unpaired) electrons. The summed E-state index contributed by atoms with van der Waals surface area (Å²) in [5, 5.41) is 0. The summed E-state index contributed by atoms with van der Waals surface area (Å²) in [5.41, 5.74) is 6.42. The van der Waals surface area contributed by atoms with Crippen molar-refractivity contribution in [2.75, 3.05) is 12.3 Å². The quantitative estimate of drug-likeness (QED) is 0.827. The van der Waals surface area contributed by atoms with Crippen LogP contribution in [0.15, 0.2) is 16.9 Å². The Morgan fingerprint density at radius 2 is 2.18 bits per heavy atom. The van der Waals surface area contributed by atoms with Gasteiger partial charge in [0.15, 0.2) is 5.75 Å². The first-order valence-corrected chi connectivity index (χ1v) is 7.00. The average Bonchev–Trinajstić information content (AvgIpc) is 2.32. The molecule has 0 saturated heterocycles. The number of unbranched alkanes of at least 4 members (excludes halogenated alkanes) is 1. The van der Waals surface area contributed by atoms with Gasteiger partial charge in [-0.25, -0.2) is 0 Å². The predicted molar refractivity (Wildman–Crippen MR) is 75.2 cm³/mol. The summed E-state index contributed by atoms with van der Waals surface area (Å²) in [7, 11) is 0. The summed E-state index contributed by atoms with van der Waals surface area (Å²) in [4.78, 5) is 3.99. The van der Waals surface area contributed by atoms with Gasteiger partial charge in [-0.1, -0.05) is 33.1 Å². The van der Waals surface area contributed by atoms with Crippen LogP contribution in [0.5, 0.6) is 5.75 Å². The fourth-order valence-electron chi connectivity index (χ4n) is 1.69.